The predicted molar refractivity (Wildman–Crippen MR) is 178 cm³/mol. The van der Waals surface area contributed by atoms with E-state index in [2.05, 4.69) is 0 Å². The summed E-state index contributed by atoms with van der Waals surface area (Å²) < 4.78 is 250. The van der Waals surface area contributed by atoms with Crippen LogP contribution in [0.1, 0.15) is 72.5 Å². The highest BCUT2D eigenvalue weighted by Gasteiger charge is 2.95. The fourth-order valence-corrected chi connectivity index (χ4v) is 10.1. The molecule has 0 unspecified atom stereocenters. The molecule has 1 N–H and O–H groups in total. The van der Waals surface area contributed by atoms with Crippen molar-refractivity contribution >= 4 is 14.3 Å². The van der Waals surface area contributed by atoms with Crippen LogP contribution in [0.2, 0.25) is 17.1 Å². The van der Waals surface area contributed by atoms with E-state index < -0.39 is 98.2 Å². The average molecular weight is 895 g/mol. The van der Waals surface area contributed by atoms with Crippen LogP contribution in [-0.4, -0.2) is 86.8 Å². The SMILES string of the molecule is CCOC(=O)/C=C(C)/C=C/CC[C@H](O)c1ccc(OCCO[Si](CCC(F)(F)C(F)(F)C(F)(F)C(F)(F)C(F)(F)C(F)(F)C(F)(F)C(F)(F)F)(C(C)C)C(C)C)cc1. The van der Waals surface area contributed by atoms with Gasteiger partial charge in [-0.3, -0.25) is 0 Å². The molecule has 0 aromatic heterocycles. The third-order valence-electron chi connectivity index (χ3n) is 9.18. The summed E-state index contributed by atoms with van der Waals surface area (Å²) in [6.45, 7) is 8.03. The lowest BCUT2D eigenvalue weighted by molar-refractivity contribution is -0.461. The van der Waals surface area contributed by atoms with Gasteiger partial charge in [0.05, 0.1) is 19.3 Å². The molecule has 0 radical (unpaired) electrons. The predicted octanol–water partition coefficient (Wildman–Crippen LogP) is 12.1. The standard InChI is InChI=1S/C35H43F17O5Si/c1-7-55-27(54)20-23(6)10-8-9-11-26(53)24-12-14-25(15-13-24)56-17-18-57-58(21(2)3,22(4)5)19-16-28(36,37)29(38,39)30(40,41)31(42,43)32(44,45)33(46,47)34(48,49)35(50,51)52/h8,10,12-15,20-22,26,53H,7,9,11,16-19H2,1-6H3/b10-8+,23-20+/t26-/m0/s1. The van der Waals surface area contributed by atoms with E-state index >= 15 is 0 Å². The first-order valence-electron chi connectivity index (χ1n) is 17.3. The molecule has 0 heterocycles. The van der Waals surface area contributed by atoms with E-state index in [4.69, 9.17) is 13.9 Å². The molecule has 336 valence electrons. The molecular weight excluding hydrogens is 851 g/mol. The lowest BCUT2D eigenvalue weighted by Crippen LogP contribution is -2.74. The second-order valence-electron chi connectivity index (χ2n) is 13.8. The van der Waals surface area contributed by atoms with Gasteiger partial charge in [0.2, 0.25) is 0 Å². The summed E-state index contributed by atoms with van der Waals surface area (Å²) in [6, 6.07) is 4.56. The number of aliphatic hydroxyl groups is 1. The second-order valence-corrected chi connectivity index (χ2v) is 18.8. The Morgan fingerprint density at radius 1 is 0.724 bits per heavy atom. The number of carbonyl (C=O) groups is 1. The zero-order valence-electron chi connectivity index (χ0n) is 31.7. The highest BCUT2D eigenvalue weighted by molar-refractivity contribution is 6.76. The maximum Gasteiger partial charge on any atom is 0.460 e. The molecule has 0 saturated heterocycles. The highest BCUT2D eigenvalue weighted by atomic mass is 28.4. The summed E-state index contributed by atoms with van der Waals surface area (Å²) in [5.74, 6) is -57.0. The van der Waals surface area contributed by atoms with Gasteiger partial charge in [0.25, 0.3) is 0 Å². The van der Waals surface area contributed by atoms with Crippen molar-refractivity contribution in [3.63, 3.8) is 0 Å². The number of esters is 1. The number of allylic oxidation sites excluding steroid dienone is 3. The molecule has 5 nitrogen and oxygen atoms in total. The third kappa shape index (κ3) is 10.8. The number of halogens is 17. The second kappa shape index (κ2) is 19.1. The Hall–Kier alpha value is -3.08. The first-order chi connectivity index (χ1) is 26.1. The van der Waals surface area contributed by atoms with E-state index in [1.54, 1.807) is 26.0 Å². The Bertz CT molecular complexity index is 1530. The number of hydrogen-bond acceptors (Lipinski definition) is 5. The molecule has 0 aliphatic carbocycles. The Morgan fingerprint density at radius 3 is 1.64 bits per heavy atom. The van der Waals surface area contributed by atoms with Crippen molar-refractivity contribution in [2.24, 2.45) is 0 Å². The Morgan fingerprint density at radius 2 is 1.19 bits per heavy atom. The molecule has 1 aromatic carbocycles. The molecule has 0 aliphatic heterocycles. The van der Waals surface area contributed by atoms with Crippen molar-refractivity contribution in [2.75, 3.05) is 19.8 Å². The minimum Gasteiger partial charge on any atom is -0.491 e. The minimum atomic E-state index is -8.68. The summed E-state index contributed by atoms with van der Waals surface area (Å²) in [5.41, 5.74) is -0.602. The van der Waals surface area contributed by atoms with Crippen LogP contribution in [-0.2, 0) is 14.0 Å². The normalized spacial score (nSPS) is 15.4. The van der Waals surface area contributed by atoms with E-state index in [1.165, 1.54) is 58.0 Å². The van der Waals surface area contributed by atoms with Gasteiger partial charge >= 0.3 is 53.6 Å². The van der Waals surface area contributed by atoms with Crippen LogP contribution in [0.25, 0.3) is 0 Å². The van der Waals surface area contributed by atoms with Crippen molar-refractivity contribution in [1.82, 2.24) is 0 Å². The fraction of sp³-hybridized carbons (Fsp3) is 0.686. The average Bonchev–Trinajstić information content (AvgIpc) is 3.08. The topological polar surface area (TPSA) is 65.0 Å². The van der Waals surface area contributed by atoms with Gasteiger partial charge in [0.15, 0.2) is 8.32 Å². The van der Waals surface area contributed by atoms with Crippen molar-refractivity contribution in [3.8, 4) is 5.75 Å². The van der Waals surface area contributed by atoms with E-state index in [1.807, 2.05) is 0 Å². The number of alkyl halides is 17. The first-order valence-corrected chi connectivity index (χ1v) is 19.6. The number of ether oxygens (including phenoxy) is 2. The molecule has 0 bridgehead atoms. The van der Waals surface area contributed by atoms with Crippen LogP contribution >= 0.6 is 0 Å². The molecule has 1 atom stereocenters. The maximum absolute atomic E-state index is 14.9. The monoisotopic (exact) mass is 894 g/mol. The van der Waals surface area contributed by atoms with Crippen LogP contribution in [0.15, 0.2) is 48.1 Å². The van der Waals surface area contributed by atoms with Gasteiger partial charge in [-0.15, -0.1) is 0 Å². The summed E-state index contributed by atoms with van der Waals surface area (Å²) in [6.07, 6.45) is -5.89. The van der Waals surface area contributed by atoms with Gasteiger partial charge in [0, 0.05) is 12.5 Å². The van der Waals surface area contributed by atoms with Crippen LogP contribution in [0, 0.1) is 0 Å². The summed E-state index contributed by atoms with van der Waals surface area (Å²) in [5, 5.41) is 10.5. The largest absolute Gasteiger partial charge is 0.491 e. The van der Waals surface area contributed by atoms with Crippen LogP contribution in [0.3, 0.4) is 0 Å². The summed E-state index contributed by atoms with van der Waals surface area (Å²) >= 11 is 0. The lowest BCUT2D eigenvalue weighted by Gasteiger charge is -2.44. The van der Waals surface area contributed by atoms with Gasteiger partial charge in [0.1, 0.15) is 12.4 Å². The fourth-order valence-electron chi connectivity index (χ4n) is 5.64. The molecule has 23 heteroatoms. The number of hydrogen-bond donors (Lipinski definition) is 1. The van der Waals surface area contributed by atoms with Crippen molar-refractivity contribution < 1.29 is 98.4 Å². The number of aliphatic hydroxyl groups excluding tert-OH is 1. The molecule has 1 aromatic rings. The number of benzene rings is 1. The Kier molecular flexibility index (Phi) is 17.4. The maximum atomic E-state index is 14.9. The van der Waals surface area contributed by atoms with Gasteiger partial charge in [-0.1, -0.05) is 52.0 Å². The molecule has 0 spiro atoms. The zero-order chi connectivity index (χ0) is 45.6. The number of rotatable bonds is 23. The molecule has 0 amide bonds. The van der Waals surface area contributed by atoms with Crippen molar-refractivity contribution in [2.45, 2.75) is 132 Å². The Labute approximate surface area is 323 Å². The number of carbonyl (C=O) groups excluding carboxylic acids is 1. The van der Waals surface area contributed by atoms with E-state index in [-0.39, 0.29) is 25.4 Å². The first kappa shape index (κ1) is 52.9. The minimum absolute atomic E-state index is 0.185. The van der Waals surface area contributed by atoms with Gasteiger partial charge in [-0.25, -0.2) is 4.79 Å². The zero-order valence-corrected chi connectivity index (χ0v) is 32.7. The van der Waals surface area contributed by atoms with Crippen LogP contribution < -0.4 is 4.74 Å². The van der Waals surface area contributed by atoms with Gasteiger partial charge < -0.3 is 19.0 Å². The lowest BCUT2D eigenvalue weighted by atomic mass is 9.88. The van der Waals surface area contributed by atoms with Gasteiger partial charge in [-0.05, 0) is 67.1 Å². The van der Waals surface area contributed by atoms with Gasteiger partial charge in [-0.2, -0.15) is 74.6 Å². The molecule has 58 heavy (non-hydrogen) atoms. The van der Waals surface area contributed by atoms with Crippen LogP contribution in [0.5, 0.6) is 5.75 Å². The van der Waals surface area contributed by atoms with E-state index in [9.17, 15) is 84.5 Å². The Balaban J connectivity index is 3.10. The van der Waals surface area contributed by atoms with Crippen LogP contribution in [0.4, 0.5) is 74.6 Å². The molecule has 0 saturated carbocycles. The van der Waals surface area contributed by atoms with Crippen molar-refractivity contribution in [3.05, 3.63) is 53.6 Å². The third-order valence-corrected chi connectivity index (χ3v) is 14.9. The van der Waals surface area contributed by atoms with E-state index in [0.717, 1.165) is 0 Å². The smallest absolute Gasteiger partial charge is 0.460 e. The summed E-state index contributed by atoms with van der Waals surface area (Å²) in [4.78, 5) is 11.5. The molecule has 0 fully saturated rings. The molecule has 0 aliphatic rings. The molecule has 1 rings (SSSR count). The summed E-state index contributed by atoms with van der Waals surface area (Å²) in [7, 11) is -3.94. The van der Waals surface area contributed by atoms with Crippen molar-refractivity contribution in [1.29, 1.82) is 0 Å². The highest BCUT2D eigenvalue weighted by Crippen LogP contribution is 2.64. The van der Waals surface area contributed by atoms with E-state index in [0.29, 0.717) is 17.6 Å². The molecular formula is C35H43F17O5Si. The quantitative estimate of drug-likeness (QED) is 0.0296.